The first kappa shape index (κ1) is 10.2. The molecule has 2 rings (SSSR count). The lowest BCUT2D eigenvalue weighted by Gasteiger charge is -2.35. The first-order valence-corrected chi connectivity index (χ1v) is 5.14. The molecule has 0 fully saturated rings. The number of aldehydes is 1. The minimum Gasteiger partial charge on any atom is -0.392 e. The lowest BCUT2D eigenvalue weighted by Crippen LogP contribution is -2.34. The van der Waals surface area contributed by atoms with Crippen LogP contribution in [0.15, 0.2) is 28.6 Å². The van der Waals surface area contributed by atoms with Crippen molar-refractivity contribution in [1.82, 2.24) is 0 Å². The van der Waals surface area contributed by atoms with Crippen LogP contribution < -0.4 is 0 Å². The van der Waals surface area contributed by atoms with E-state index in [1.807, 2.05) is 12.2 Å². The summed E-state index contributed by atoms with van der Waals surface area (Å²) in [6.07, 6.45) is 5.99. The van der Waals surface area contributed by atoms with Gasteiger partial charge in [-0.25, -0.2) is 0 Å². The van der Waals surface area contributed by atoms with Crippen LogP contribution in [0.3, 0.4) is 0 Å². The normalized spacial score (nSPS) is 34.9. The molecule has 2 unspecified atom stereocenters. The second kappa shape index (κ2) is 4.06. The number of nitroso groups, excluding NO2 is 1. The second-order valence-electron chi connectivity index (χ2n) is 4.08. The Morgan fingerprint density at radius 2 is 2.33 bits per heavy atom. The average Bonchev–Trinajstić information content (AvgIpc) is 2.28. The smallest absolute Gasteiger partial charge is 0.147 e. The molecular formula is C11H13NO3. The van der Waals surface area contributed by atoms with Crippen LogP contribution in [0, 0.1) is 16.7 Å². The monoisotopic (exact) mass is 207 g/mol. The number of aliphatic hydroxyl groups excluding tert-OH is 1. The molecule has 15 heavy (non-hydrogen) atoms. The minimum atomic E-state index is -0.581. The number of carbonyl (C=O) groups is 1. The van der Waals surface area contributed by atoms with Gasteiger partial charge in [0.15, 0.2) is 0 Å². The van der Waals surface area contributed by atoms with Crippen LogP contribution in [0.1, 0.15) is 19.3 Å². The van der Waals surface area contributed by atoms with E-state index in [2.05, 4.69) is 5.18 Å². The van der Waals surface area contributed by atoms with E-state index in [1.165, 1.54) is 0 Å². The van der Waals surface area contributed by atoms with Crippen LogP contribution in [0.4, 0.5) is 0 Å². The Labute approximate surface area is 87.6 Å². The number of fused-ring (bicyclic) bond motifs is 1. The van der Waals surface area contributed by atoms with E-state index in [0.29, 0.717) is 24.7 Å². The van der Waals surface area contributed by atoms with E-state index in [9.17, 15) is 14.8 Å². The van der Waals surface area contributed by atoms with Crippen molar-refractivity contribution in [2.45, 2.75) is 25.4 Å². The standard InChI is InChI=1S/C11H13NO3/c13-6-8-5-4-7-2-1-3-9(14)10(7)11(8)12-15/h1-2,6-7,9-10,14H,3-5H2/t7?,9-,10?/m1/s1. The highest BCUT2D eigenvalue weighted by atomic mass is 16.3. The Morgan fingerprint density at radius 3 is 3.00 bits per heavy atom. The van der Waals surface area contributed by atoms with Gasteiger partial charge in [-0.3, -0.25) is 4.79 Å². The van der Waals surface area contributed by atoms with E-state index in [-0.39, 0.29) is 17.5 Å². The number of aliphatic hydroxyl groups is 1. The summed E-state index contributed by atoms with van der Waals surface area (Å²) in [6.45, 7) is 0. The number of hydrogen-bond donors (Lipinski definition) is 1. The zero-order valence-electron chi connectivity index (χ0n) is 8.30. The van der Waals surface area contributed by atoms with E-state index in [4.69, 9.17) is 0 Å². The largest absolute Gasteiger partial charge is 0.392 e. The second-order valence-corrected chi connectivity index (χ2v) is 4.08. The molecule has 1 N–H and O–H groups in total. The van der Waals surface area contributed by atoms with Gasteiger partial charge in [0.2, 0.25) is 0 Å². The molecule has 0 spiro atoms. The third-order valence-electron chi connectivity index (χ3n) is 3.27. The maximum absolute atomic E-state index is 10.8. The molecule has 0 aromatic carbocycles. The van der Waals surface area contributed by atoms with Crippen molar-refractivity contribution >= 4 is 6.29 Å². The first-order chi connectivity index (χ1) is 7.27. The molecule has 4 nitrogen and oxygen atoms in total. The van der Waals surface area contributed by atoms with Crippen molar-refractivity contribution in [1.29, 1.82) is 0 Å². The fourth-order valence-electron chi connectivity index (χ4n) is 2.51. The SMILES string of the molecule is O=CC1=C(N=O)C2C(C=CC[C@H]2O)CC1. The zero-order chi connectivity index (χ0) is 10.8. The predicted octanol–water partition coefficient (Wildman–Crippen LogP) is 1.55. The number of carbonyl (C=O) groups excluding carboxylic acids is 1. The zero-order valence-corrected chi connectivity index (χ0v) is 8.30. The quantitative estimate of drug-likeness (QED) is 0.424. The molecule has 0 saturated carbocycles. The molecule has 0 amide bonds. The number of hydrogen-bond acceptors (Lipinski definition) is 4. The van der Waals surface area contributed by atoms with Gasteiger partial charge in [-0.15, -0.1) is 4.91 Å². The van der Waals surface area contributed by atoms with Crippen LogP contribution in [0.5, 0.6) is 0 Å². The maximum atomic E-state index is 10.8. The van der Waals surface area contributed by atoms with Crippen molar-refractivity contribution in [3.8, 4) is 0 Å². The van der Waals surface area contributed by atoms with E-state index in [0.717, 1.165) is 6.42 Å². The molecule has 0 aliphatic heterocycles. The molecule has 2 aliphatic rings. The topological polar surface area (TPSA) is 66.7 Å². The molecule has 0 aromatic heterocycles. The van der Waals surface area contributed by atoms with Crippen LogP contribution in [0.2, 0.25) is 0 Å². The summed E-state index contributed by atoms with van der Waals surface area (Å²) in [4.78, 5) is 21.5. The van der Waals surface area contributed by atoms with Gasteiger partial charge in [-0.05, 0) is 30.4 Å². The Balaban J connectivity index is 2.41. The first-order valence-electron chi connectivity index (χ1n) is 5.14. The van der Waals surface area contributed by atoms with Crippen molar-refractivity contribution in [2.24, 2.45) is 17.0 Å². The summed E-state index contributed by atoms with van der Waals surface area (Å²) in [7, 11) is 0. The van der Waals surface area contributed by atoms with Gasteiger partial charge < -0.3 is 5.11 Å². The Morgan fingerprint density at radius 1 is 1.53 bits per heavy atom. The van der Waals surface area contributed by atoms with Crippen molar-refractivity contribution in [3.63, 3.8) is 0 Å². The van der Waals surface area contributed by atoms with E-state index >= 15 is 0 Å². The summed E-state index contributed by atoms with van der Waals surface area (Å²) in [5, 5.41) is 12.8. The molecular weight excluding hydrogens is 194 g/mol. The van der Waals surface area contributed by atoms with Crippen molar-refractivity contribution < 1.29 is 9.90 Å². The number of nitrogens with zero attached hydrogens (tertiary/aromatic N) is 1. The lowest BCUT2D eigenvalue weighted by atomic mass is 9.72. The molecule has 80 valence electrons. The highest BCUT2D eigenvalue weighted by Crippen LogP contribution is 2.40. The molecule has 2 aliphatic carbocycles. The Bertz CT molecular complexity index is 346. The predicted molar refractivity (Wildman–Crippen MR) is 54.9 cm³/mol. The molecule has 0 bridgehead atoms. The Hall–Kier alpha value is -1.29. The van der Waals surface area contributed by atoms with Crippen molar-refractivity contribution in [2.75, 3.05) is 0 Å². The summed E-state index contributed by atoms with van der Waals surface area (Å²) < 4.78 is 0. The molecule has 3 atom stereocenters. The third kappa shape index (κ3) is 1.65. The lowest BCUT2D eigenvalue weighted by molar-refractivity contribution is -0.105. The molecule has 4 heteroatoms. The van der Waals surface area contributed by atoms with Crippen molar-refractivity contribution in [3.05, 3.63) is 28.3 Å². The minimum absolute atomic E-state index is 0.158. The fourth-order valence-corrected chi connectivity index (χ4v) is 2.51. The van der Waals surface area contributed by atoms with E-state index < -0.39 is 6.10 Å². The van der Waals surface area contributed by atoms with Gasteiger partial charge in [0.05, 0.1) is 11.8 Å². The van der Waals surface area contributed by atoms with Gasteiger partial charge >= 0.3 is 0 Å². The van der Waals surface area contributed by atoms with Gasteiger partial charge in [0.25, 0.3) is 0 Å². The molecule has 0 heterocycles. The van der Waals surface area contributed by atoms with Gasteiger partial charge in [-0.2, -0.15) is 0 Å². The van der Waals surface area contributed by atoms with Crippen LogP contribution in [-0.2, 0) is 4.79 Å². The molecule has 0 saturated heterocycles. The van der Waals surface area contributed by atoms with Gasteiger partial charge in [0.1, 0.15) is 6.29 Å². The van der Waals surface area contributed by atoms with Gasteiger partial charge in [0, 0.05) is 11.5 Å². The van der Waals surface area contributed by atoms with Crippen LogP contribution in [0.25, 0.3) is 0 Å². The fraction of sp³-hybridized carbons (Fsp3) is 0.545. The summed E-state index contributed by atoms with van der Waals surface area (Å²) in [6, 6.07) is 0. The highest BCUT2D eigenvalue weighted by Gasteiger charge is 2.37. The molecule has 0 radical (unpaired) electrons. The highest BCUT2D eigenvalue weighted by molar-refractivity contribution is 5.75. The summed E-state index contributed by atoms with van der Waals surface area (Å²) in [5.41, 5.74) is 0.721. The molecule has 0 aromatic rings. The average molecular weight is 207 g/mol. The van der Waals surface area contributed by atoms with E-state index in [1.54, 1.807) is 0 Å². The maximum Gasteiger partial charge on any atom is 0.147 e. The summed E-state index contributed by atoms with van der Waals surface area (Å²) in [5.74, 6) is -0.119. The number of allylic oxidation sites excluding steroid dienone is 2. The van der Waals surface area contributed by atoms with Crippen LogP contribution >= 0.6 is 0 Å². The van der Waals surface area contributed by atoms with Crippen LogP contribution in [-0.4, -0.2) is 17.5 Å². The third-order valence-corrected chi connectivity index (χ3v) is 3.27. The summed E-state index contributed by atoms with van der Waals surface area (Å²) >= 11 is 0. The Kier molecular flexibility index (Phi) is 2.77. The van der Waals surface area contributed by atoms with Gasteiger partial charge in [-0.1, -0.05) is 12.2 Å². The number of rotatable bonds is 2.